The quantitative estimate of drug-likeness (QED) is 0.330. The molecule has 0 bridgehead atoms. The van der Waals surface area contributed by atoms with Gasteiger partial charge in [-0.25, -0.2) is 10.4 Å². The van der Waals surface area contributed by atoms with Gasteiger partial charge in [0.1, 0.15) is 0 Å². The number of rotatable bonds is 5. The molecule has 27 heavy (non-hydrogen) atoms. The van der Waals surface area contributed by atoms with Gasteiger partial charge in [0.2, 0.25) is 0 Å². The van der Waals surface area contributed by atoms with Crippen molar-refractivity contribution in [3.8, 4) is 0 Å². The predicted octanol–water partition coefficient (Wildman–Crippen LogP) is 3.31. The number of hydrazone groups is 1. The van der Waals surface area contributed by atoms with Gasteiger partial charge in [0.25, 0.3) is 5.91 Å². The Morgan fingerprint density at radius 2 is 1.89 bits per heavy atom. The Labute approximate surface area is 160 Å². The first kappa shape index (κ1) is 17.4. The number of aromatic nitrogens is 3. The van der Waals surface area contributed by atoms with E-state index in [9.17, 15) is 4.79 Å². The second kappa shape index (κ2) is 7.28. The number of hydrogen-bond acceptors (Lipinski definition) is 4. The predicted molar refractivity (Wildman–Crippen MR) is 110 cm³/mol. The van der Waals surface area contributed by atoms with Crippen LogP contribution in [-0.2, 0) is 18.9 Å². The zero-order valence-electron chi connectivity index (χ0n) is 15.1. The number of aryl methyl sites for hydroxylation is 2. The zero-order valence-corrected chi connectivity index (χ0v) is 15.9. The molecule has 0 saturated carbocycles. The van der Waals surface area contributed by atoms with Crippen molar-refractivity contribution in [1.82, 2.24) is 19.5 Å². The molecule has 0 atom stereocenters. The summed E-state index contributed by atoms with van der Waals surface area (Å²) in [4.78, 5) is 16.7. The van der Waals surface area contributed by atoms with E-state index >= 15 is 0 Å². The zero-order chi connectivity index (χ0) is 18.8. The van der Waals surface area contributed by atoms with Crippen LogP contribution in [0, 0.1) is 0 Å². The highest BCUT2D eigenvalue weighted by Gasteiger charge is 2.10. The number of nitrogens with one attached hydrogen (secondary N) is 1. The minimum atomic E-state index is -0.163. The smallest absolute Gasteiger partial charge is 0.250 e. The third-order valence-electron chi connectivity index (χ3n) is 4.40. The molecule has 0 saturated heterocycles. The molecular formula is C20H19N5OS. The highest BCUT2D eigenvalue weighted by atomic mass is 32.2. The number of fused-ring (bicyclic) bond motifs is 2. The molecule has 0 aliphatic rings. The van der Waals surface area contributed by atoms with Crippen LogP contribution >= 0.6 is 11.8 Å². The molecule has 0 fully saturated rings. The minimum Gasteiger partial charge on any atom is -0.350 e. The van der Waals surface area contributed by atoms with Crippen LogP contribution in [0.5, 0.6) is 0 Å². The van der Waals surface area contributed by atoms with E-state index in [2.05, 4.69) is 21.6 Å². The number of benzene rings is 2. The van der Waals surface area contributed by atoms with Crippen LogP contribution in [0.15, 0.2) is 65.0 Å². The van der Waals surface area contributed by atoms with Gasteiger partial charge in [-0.2, -0.15) is 5.10 Å². The summed E-state index contributed by atoms with van der Waals surface area (Å²) in [5, 5.41) is 6.02. The summed E-state index contributed by atoms with van der Waals surface area (Å²) in [6, 6.07) is 16.0. The largest absolute Gasteiger partial charge is 0.350 e. The third kappa shape index (κ3) is 3.46. The lowest BCUT2D eigenvalue weighted by molar-refractivity contribution is -0.118. The van der Waals surface area contributed by atoms with Crippen LogP contribution in [0.2, 0.25) is 0 Å². The number of para-hydroxylation sites is 3. The fraction of sp³-hybridized carbons (Fsp3) is 0.150. The van der Waals surface area contributed by atoms with Gasteiger partial charge in [-0.1, -0.05) is 42.1 Å². The number of imidazole rings is 1. The molecule has 2 aromatic heterocycles. The average Bonchev–Trinajstić information content (AvgIpc) is 3.18. The summed E-state index contributed by atoms with van der Waals surface area (Å²) in [6.07, 6.45) is 3.68. The highest BCUT2D eigenvalue weighted by molar-refractivity contribution is 7.99. The van der Waals surface area contributed by atoms with E-state index in [1.54, 1.807) is 6.21 Å². The average molecular weight is 377 g/mol. The topological polar surface area (TPSA) is 64.2 Å². The van der Waals surface area contributed by atoms with Gasteiger partial charge >= 0.3 is 0 Å². The van der Waals surface area contributed by atoms with Crippen molar-refractivity contribution in [2.45, 2.75) is 5.16 Å². The van der Waals surface area contributed by atoms with Gasteiger partial charge in [-0.3, -0.25) is 4.79 Å². The molecule has 2 aromatic carbocycles. The van der Waals surface area contributed by atoms with Gasteiger partial charge in [0.15, 0.2) is 5.16 Å². The van der Waals surface area contributed by atoms with Gasteiger partial charge < -0.3 is 9.13 Å². The molecule has 4 rings (SSSR count). The van der Waals surface area contributed by atoms with Crippen molar-refractivity contribution < 1.29 is 4.79 Å². The van der Waals surface area contributed by atoms with E-state index in [-0.39, 0.29) is 11.7 Å². The maximum Gasteiger partial charge on any atom is 0.250 e. The molecule has 2 heterocycles. The van der Waals surface area contributed by atoms with Gasteiger partial charge in [-0.15, -0.1) is 0 Å². The van der Waals surface area contributed by atoms with Crippen molar-refractivity contribution in [1.29, 1.82) is 0 Å². The van der Waals surface area contributed by atoms with E-state index in [4.69, 9.17) is 0 Å². The second-order valence-corrected chi connectivity index (χ2v) is 7.18. The number of hydrogen-bond donors (Lipinski definition) is 1. The molecule has 0 aliphatic carbocycles. The molecule has 4 aromatic rings. The molecule has 7 heteroatoms. The summed E-state index contributed by atoms with van der Waals surface area (Å²) in [5.74, 6) is 0.0906. The Morgan fingerprint density at radius 3 is 2.70 bits per heavy atom. The van der Waals surface area contributed by atoms with E-state index in [1.807, 2.05) is 71.9 Å². The fourth-order valence-corrected chi connectivity index (χ4v) is 3.84. The Kier molecular flexibility index (Phi) is 4.68. The van der Waals surface area contributed by atoms with Gasteiger partial charge in [-0.05, 0) is 18.2 Å². The molecule has 0 unspecified atom stereocenters. The Bertz CT molecular complexity index is 1160. The molecule has 1 amide bonds. The summed E-state index contributed by atoms with van der Waals surface area (Å²) >= 11 is 1.40. The van der Waals surface area contributed by atoms with Crippen molar-refractivity contribution in [3.63, 3.8) is 0 Å². The van der Waals surface area contributed by atoms with Gasteiger partial charge in [0.05, 0.1) is 23.0 Å². The molecule has 0 aliphatic heterocycles. The van der Waals surface area contributed by atoms with E-state index < -0.39 is 0 Å². The van der Waals surface area contributed by atoms with Crippen LogP contribution in [0.3, 0.4) is 0 Å². The van der Waals surface area contributed by atoms with Crippen LogP contribution in [0.25, 0.3) is 21.9 Å². The number of carbonyl (C=O) groups is 1. The highest BCUT2D eigenvalue weighted by Crippen LogP contribution is 2.22. The van der Waals surface area contributed by atoms with Crippen molar-refractivity contribution in [2.24, 2.45) is 19.2 Å². The van der Waals surface area contributed by atoms with Crippen LogP contribution < -0.4 is 5.43 Å². The summed E-state index contributed by atoms with van der Waals surface area (Å²) in [6.45, 7) is 0. The van der Waals surface area contributed by atoms with E-state index in [1.165, 1.54) is 11.8 Å². The van der Waals surface area contributed by atoms with Crippen molar-refractivity contribution in [2.75, 3.05) is 5.75 Å². The first-order chi connectivity index (χ1) is 13.1. The molecule has 6 nitrogen and oxygen atoms in total. The maximum absolute atomic E-state index is 12.1. The normalized spacial score (nSPS) is 11.6. The second-order valence-electron chi connectivity index (χ2n) is 6.24. The minimum absolute atomic E-state index is 0.163. The monoisotopic (exact) mass is 377 g/mol. The lowest BCUT2D eigenvalue weighted by atomic mass is 10.2. The van der Waals surface area contributed by atoms with Crippen LogP contribution in [-0.4, -0.2) is 32.0 Å². The first-order valence-electron chi connectivity index (χ1n) is 8.53. The number of carbonyl (C=O) groups excluding carboxylic acids is 1. The number of thioether (sulfide) groups is 1. The summed E-state index contributed by atoms with van der Waals surface area (Å²) < 4.78 is 4.03. The number of nitrogens with zero attached hydrogens (tertiary/aromatic N) is 4. The van der Waals surface area contributed by atoms with Crippen molar-refractivity contribution >= 4 is 45.8 Å². The molecule has 136 valence electrons. The van der Waals surface area contributed by atoms with Crippen molar-refractivity contribution in [3.05, 3.63) is 60.3 Å². The molecule has 1 N–H and O–H groups in total. The van der Waals surface area contributed by atoms with Crippen LogP contribution in [0.1, 0.15) is 5.56 Å². The summed E-state index contributed by atoms with van der Waals surface area (Å²) in [7, 11) is 3.94. The maximum atomic E-state index is 12.1. The molecule has 0 spiro atoms. The van der Waals surface area contributed by atoms with Gasteiger partial charge in [0, 0.05) is 36.8 Å². The lowest BCUT2D eigenvalue weighted by Crippen LogP contribution is -2.19. The standard InChI is InChI=1S/C20H19N5OS/c1-24-12-14(15-7-3-5-9-17(15)24)11-21-23-19(26)13-27-20-22-16-8-4-6-10-18(16)25(20)2/h3-12H,13H2,1-2H3,(H,23,26)/b21-11-. The Hall–Kier alpha value is -3.06. The molecule has 0 radical (unpaired) electrons. The summed E-state index contributed by atoms with van der Waals surface area (Å²) in [5.41, 5.74) is 6.67. The lowest BCUT2D eigenvalue weighted by Gasteiger charge is -2.01. The van der Waals surface area contributed by atoms with E-state index in [0.29, 0.717) is 0 Å². The fourth-order valence-electron chi connectivity index (χ4n) is 3.06. The SMILES string of the molecule is Cn1cc(/C=N\NC(=O)CSc2nc3ccccc3n2C)c2ccccc21. The van der Waals surface area contributed by atoms with E-state index in [0.717, 1.165) is 32.7 Å². The molecular weight excluding hydrogens is 358 g/mol. The first-order valence-corrected chi connectivity index (χ1v) is 9.52. The Balaban J connectivity index is 1.39. The number of amides is 1. The Morgan fingerprint density at radius 1 is 1.15 bits per heavy atom. The van der Waals surface area contributed by atoms with Crippen LogP contribution in [0.4, 0.5) is 0 Å². The third-order valence-corrected chi connectivity index (χ3v) is 5.43.